The molecule has 10 atom stereocenters. The highest BCUT2D eigenvalue weighted by Gasteiger charge is 2.67. The normalized spacial score (nSPS) is 44.0. The maximum atomic E-state index is 12.2. The lowest BCUT2D eigenvalue weighted by Crippen LogP contribution is -3.00. The summed E-state index contributed by atoms with van der Waals surface area (Å²) in [6.07, 6.45) is 12.2. The SMILES string of the molecule is CC(=O)O[C@H]1C[C@H]2[C@@H]3CC[C@H]4C[C@H](OC(C)=O)[C@@H]([N+]5(C)CCCCC5)C[C@]4(C)[C@H]3CC[C@]2(C)[C@H]1[N+](C)(C)C.[I-].[I-]. The van der Waals surface area contributed by atoms with E-state index in [0.29, 0.717) is 35.8 Å². The molecule has 6 nitrogen and oxygen atoms in total. The van der Waals surface area contributed by atoms with E-state index in [1.807, 2.05) is 0 Å². The number of carbonyl (C=O) groups is 2. The highest BCUT2D eigenvalue weighted by molar-refractivity contribution is 5.66. The Morgan fingerprint density at radius 1 is 0.800 bits per heavy atom. The van der Waals surface area contributed by atoms with E-state index >= 15 is 0 Å². The van der Waals surface area contributed by atoms with E-state index in [2.05, 4.69) is 42.0 Å². The minimum Gasteiger partial charge on any atom is -1.00 e. The van der Waals surface area contributed by atoms with Gasteiger partial charge in [-0.25, -0.2) is 0 Å². The molecular formula is C32H56I2N2O4. The van der Waals surface area contributed by atoms with Crippen LogP contribution in [-0.2, 0) is 19.1 Å². The quantitative estimate of drug-likeness (QED) is 0.213. The highest BCUT2D eigenvalue weighted by atomic mass is 127. The van der Waals surface area contributed by atoms with E-state index < -0.39 is 0 Å². The molecular weight excluding hydrogens is 730 g/mol. The Labute approximate surface area is 278 Å². The summed E-state index contributed by atoms with van der Waals surface area (Å²) in [7, 11) is 9.34. The van der Waals surface area contributed by atoms with Crippen molar-refractivity contribution in [3.8, 4) is 0 Å². The van der Waals surface area contributed by atoms with Gasteiger partial charge < -0.3 is 66.4 Å². The van der Waals surface area contributed by atoms with Gasteiger partial charge in [-0.2, -0.15) is 0 Å². The zero-order valence-corrected chi connectivity index (χ0v) is 30.7. The number of quaternary nitrogens is 2. The van der Waals surface area contributed by atoms with Crippen molar-refractivity contribution in [3.05, 3.63) is 0 Å². The zero-order chi connectivity index (χ0) is 27.7. The third kappa shape index (κ3) is 6.00. The van der Waals surface area contributed by atoms with E-state index in [1.54, 1.807) is 13.8 Å². The molecule has 4 aliphatic carbocycles. The first-order valence-corrected chi connectivity index (χ1v) is 15.7. The molecule has 1 aliphatic heterocycles. The molecule has 40 heavy (non-hydrogen) atoms. The van der Waals surface area contributed by atoms with Crippen molar-refractivity contribution in [1.82, 2.24) is 0 Å². The van der Waals surface area contributed by atoms with Crippen molar-refractivity contribution in [2.24, 2.45) is 34.5 Å². The summed E-state index contributed by atoms with van der Waals surface area (Å²) in [5, 5.41) is 0. The smallest absolute Gasteiger partial charge is 0.303 e. The molecule has 1 saturated heterocycles. The number of likely N-dealkylation sites (N-methyl/N-ethyl adjacent to an activating group) is 2. The summed E-state index contributed by atoms with van der Waals surface area (Å²) in [6.45, 7) is 10.8. The van der Waals surface area contributed by atoms with Gasteiger partial charge >= 0.3 is 11.9 Å². The number of fused-ring (bicyclic) bond motifs is 5. The molecule has 0 aromatic carbocycles. The number of hydrogen-bond donors (Lipinski definition) is 0. The summed E-state index contributed by atoms with van der Waals surface area (Å²) < 4.78 is 14.1. The van der Waals surface area contributed by atoms with Crippen molar-refractivity contribution in [2.45, 2.75) is 116 Å². The number of piperidine rings is 1. The summed E-state index contributed by atoms with van der Waals surface area (Å²) in [4.78, 5) is 24.4. The second kappa shape index (κ2) is 12.4. The Balaban J connectivity index is 0.00000220. The van der Waals surface area contributed by atoms with E-state index in [1.165, 1.54) is 64.5 Å². The zero-order valence-electron chi connectivity index (χ0n) is 26.4. The number of hydrogen-bond acceptors (Lipinski definition) is 4. The van der Waals surface area contributed by atoms with Gasteiger partial charge in [-0.1, -0.05) is 13.8 Å². The fourth-order valence-corrected chi connectivity index (χ4v) is 11.5. The first-order valence-electron chi connectivity index (χ1n) is 15.7. The van der Waals surface area contributed by atoms with Crippen LogP contribution in [0.15, 0.2) is 0 Å². The van der Waals surface area contributed by atoms with Gasteiger partial charge in [-0.15, -0.1) is 0 Å². The minimum atomic E-state index is -0.131. The van der Waals surface area contributed by atoms with Crippen LogP contribution in [0.3, 0.4) is 0 Å². The maximum Gasteiger partial charge on any atom is 0.303 e. The van der Waals surface area contributed by atoms with Gasteiger partial charge in [0, 0.05) is 25.7 Å². The van der Waals surface area contributed by atoms with Crippen molar-refractivity contribution in [1.29, 1.82) is 0 Å². The average molecular weight is 787 g/mol. The van der Waals surface area contributed by atoms with Gasteiger partial charge in [0.2, 0.25) is 0 Å². The van der Waals surface area contributed by atoms with Crippen LogP contribution in [0, 0.1) is 34.5 Å². The third-order valence-corrected chi connectivity index (χ3v) is 12.7. The Hall–Kier alpha value is 0.320. The van der Waals surface area contributed by atoms with Crippen LogP contribution in [0.5, 0.6) is 0 Å². The van der Waals surface area contributed by atoms with Crippen LogP contribution in [-0.4, -0.2) is 86.5 Å². The fourth-order valence-electron chi connectivity index (χ4n) is 11.5. The first-order chi connectivity index (χ1) is 17.7. The fraction of sp³-hybridized carbons (Fsp3) is 0.938. The number of halogens is 2. The second-order valence-corrected chi connectivity index (χ2v) is 15.8. The van der Waals surface area contributed by atoms with Gasteiger partial charge in [0.05, 0.1) is 41.3 Å². The molecule has 0 aromatic heterocycles. The molecule has 8 heteroatoms. The van der Waals surface area contributed by atoms with E-state index in [-0.39, 0.29) is 82.9 Å². The van der Waals surface area contributed by atoms with Gasteiger partial charge in [-0.05, 0) is 86.9 Å². The van der Waals surface area contributed by atoms with Gasteiger partial charge in [-0.3, -0.25) is 9.59 Å². The molecule has 232 valence electrons. The molecule has 1 heterocycles. The summed E-state index contributed by atoms with van der Waals surface area (Å²) in [6, 6.07) is 0.747. The third-order valence-electron chi connectivity index (χ3n) is 12.7. The standard InChI is InChI=1S/C32H56N2O4.2HI/c1-21(35)37-28-18-23-12-13-24-25(32(23,4)20-27(28)34(8)16-10-9-11-17-34)14-15-31(3)26(24)19-29(38-22(2)36)30(31)33(5,6)7;;/h23-30H,9-20H2,1-8H3;2*1H/q+2;;/p-2/t23-,24+,25-,26-,27-,28-,29-,30-,31-,32-;;/m0../s1. The topological polar surface area (TPSA) is 52.6 Å². The molecule has 4 saturated carbocycles. The van der Waals surface area contributed by atoms with Gasteiger partial charge in [0.15, 0.2) is 12.2 Å². The van der Waals surface area contributed by atoms with Crippen molar-refractivity contribution in [2.75, 3.05) is 41.3 Å². The number of rotatable bonds is 4. The van der Waals surface area contributed by atoms with Crippen molar-refractivity contribution >= 4 is 11.9 Å². The maximum absolute atomic E-state index is 12.2. The first kappa shape index (κ1) is 34.8. The lowest BCUT2D eigenvalue weighted by molar-refractivity contribution is -0.943. The molecule has 5 fully saturated rings. The van der Waals surface area contributed by atoms with Gasteiger partial charge in [0.25, 0.3) is 0 Å². The van der Waals surface area contributed by atoms with Crippen LogP contribution >= 0.6 is 0 Å². The molecule has 0 amide bonds. The number of ether oxygens (including phenoxy) is 2. The molecule has 0 radical (unpaired) electrons. The predicted octanol–water partition coefficient (Wildman–Crippen LogP) is -0.806. The Kier molecular flexibility index (Phi) is 10.8. The van der Waals surface area contributed by atoms with E-state index in [0.717, 1.165) is 21.8 Å². The Morgan fingerprint density at radius 3 is 1.98 bits per heavy atom. The number of esters is 2. The number of likely N-dealkylation sites (tertiary alicyclic amines) is 1. The predicted molar refractivity (Wildman–Crippen MR) is 149 cm³/mol. The molecule has 0 unspecified atom stereocenters. The summed E-state index contributed by atoms with van der Waals surface area (Å²) >= 11 is 0. The molecule has 0 bridgehead atoms. The Bertz CT molecular complexity index is 934. The van der Waals surface area contributed by atoms with Crippen LogP contribution in [0.2, 0.25) is 0 Å². The molecule has 0 aromatic rings. The van der Waals surface area contributed by atoms with Crippen LogP contribution < -0.4 is 48.0 Å². The Morgan fingerprint density at radius 2 is 1.40 bits per heavy atom. The largest absolute Gasteiger partial charge is 1.00 e. The van der Waals surface area contributed by atoms with Crippen molar-refractivity contribution < 1.29 is 76.0 Å². The number of carbonyl (C=O) groups excluding carboxylic acids is 2. The molecule has 0 N–H and O–H groups in total. The molecule has 5 rings (SSSR count). The monoisotopic (exact) mass is 786 g/mol. The summed E-state index contributed by atoms with van der Waals surface area (Å²) in [5.74, 6) is 2.40. The van der Waals surface area contributed by atoms with E-state index in [9.17, 15) is 9.59 Å². The second-order valence-electron chi connectivity index (χ2n) is 15.8. The number of nitrogens with zero attached hydrogens (tertiary/aromatic N) is 2. The van der Waals surface area contributed by atoms with Crippen molar-refractivity contribution in [3.63, 3.8) is 0 Å². The van der Waals surface area contributed by atoms with Gasteiger partial charge in [0.1, 0.15) is 12.1 Å². The minimum absolute atomic E-state index is 0. The molecule has 0 spiro atoms. The summed E-state index contributed by atoms with van der Waals surface area (Å²) in [5.41, 5.74) is 0.484. The lowest BCUT2D eigenvalue weighted by atomic mass is 9.44. The van der Waals surface area contributed by atoms with E-state index in [4.69, 9.17) is 9.47 Å². The average Bonchev–Trinajstić information content (AvgIpc) is 3.10. The van der Waals surface area contributed by atoms with Crippen LogP contribution in [0.1, 0.15) is 91.9 Å². The highest BCUT2D eigenvalue weighted by Crippen LogP contribution is 2.67. The molecule has 5 aliphatic rings. The lowest BCUT2D eigenvalue weighted by Gasteiger charge is -2.63. The van der Waals surface area contributed by atoms with Crippen LogP contribution in [0.25, 0.3) is 0 Å². The van der Waals surface area contributed by atoms with Crippen LogP contribution in [0.4, 0.5) is 0 Å².